The number of nitrogens with two attached hydrogens (primary N) is 1. The van der Waals surface area contributed by atoms with E-state index in [0.29, 0.717) is 29.6 Å². The first-order valence-corrected chi connectivity index (χ1v) is 8.81. The van der Waals surface area contributed by atoms with Gasteiger partial charge in [-0.2, -0.15) is 0 Å². The molecule has 1 fully saturated rings. The molecule has 3 heterocycles. The van der Waals surface area contributed by atoms with Crippen molar-refractivity contribution in [3.05, 3.63) is 48.3 Å². The molecule has 4 rings (SSSR count). The van der Waals surface area contributed by atoms with E-state index in [9.17, 15) is 4.79 Å². The standard InChI is InChI=1S/C19H21N5O2/c20-15-13-14(25)6-7-16(15)21-18-17-5-1-2-10-24(17)22-19(18)26-12-11-23-8-3-4-9-23/h1-2,5-7,10,13H,3-4,8-9,11-12,20H2/b21-16+. The van der Waals surface area contributed by atoms with Crippen LogP contribution in [0.3, 0.4) is 0 Å². The van der Waals surface area contributed by atoms with Crippen molar-refractivity contribution in [2.75, 3.05) is 26.2 Å². The Morgan fingerprint density at radius 2 is 2.08 bits per heavy atom. The van der Waals surface area contributed by atoms with E-state index in [-0.39, 0.29) is 5.78 Å². The van der Waals surface area contributed by atoms with Crippen molar-refractivity contribution in [3.63, 3.8) is 0 Å². The summed E-state index contributed by atoms with van der Waals surface area (Å²) in [5.41, 5.74) is 8.28. The van der Waals surface area contributed by atoms with Crippen molar-refractivity contribution < 1.29 is 9.53 Å². The first-order chi connectivity index (χ1) is 12.7. The molecule has 0 bridgehead atoms. The van der Waals surface area contributed by atoms with Crippen LogP contribution in [0.25, 0.3) is 5.52 Å². The van der Waals surface area contributed by atoms with Crippen LogP contribution in [0.15, 0.2) is 53.3 Å². The van der Waals surface area contributed by atoms with Gasteiger partial charge in [0, 0.05) is 18.8 Å². The van der Waals surface area contributed by atoms with Crippen LogP contribution in [0.5, 0.6) is 5.88 Å². The fourth-order valence-electron chi connectivity index (χ4n) is 3.20. The van der Waals surface area contributed by atoms with Gasteiger partial charge in [0.2, 0.25) is 0 Å². The molecule has 134 valence electrons. The molecular formula is C19H21N5O2. The number of aromatic nitrogens is 2. The van der Waals surface area contributed by atoms with Gasteiger partial charge in [-0.25, -0.2) is 9.51 Å². The summed E-state index contributed by atoms with van der Waals surface area (Å²) in [7, 11) is 0. The molecule has 7 heteroatoms. The highest BCUT2D eigenvalue weighted by Crippen LogP contribution is 2.32. The fraction of sp³-hybridized carbons (Fsp3) is 0.316. The fourth-order valence-corrected chi connectivity index (χ4v) is 3.20. The number of carbonyl (C=O) groups excluding carboxylic acids is 1. The number of aliphatic imine (C=N–C) groups is 1. The average molecular weight is 351 g/mol. The molecule has 2 aromatic rings. The van der Waals surface area contributed by atoms with E-state index in [0.717, 1.165) is 25.2 Å². The minimum absolute atomic E-state index is 0.136. The van der Waals surface area contributed by atoms with Crippen molar-refractivity contribution >= 4 is 22.7 Å². The third-order valence-corrected chi connectivity index (χ3v) is 4.56. The van der Waals surface area contributed by atoms with Gasteiger partial charge < -0.3 is 10.5 Å². The highest BCUT2D eigenvalue weighted by atomic mass is 16.5. The number of carbonyl (C=O) groups is 1. The molecular weight excluding hydrogens is 330 g/mol. The third-order valence-electron chi connectivity index (χ3n) is 4.56. The minimum atomic E-state index is -0.136. The Balaban J connectivity index is 1.62. The Morgan fingerprint density at radius 1 is 1.23 bits per heavy atom. The molecule has 2 aliphatic rings. The first-order valence-electron chi connectivity index (χ1n) is 8.81. The Kier molecular flexibility index (Phi) is 4.53. The maximum absolute atomic E-state index is 11.4. The minimum Gasteiger partial charge on any atom is -0.474 e. The quantitative estimate of drug-likeness (QED) is 0.831. The van der Waals surface area contributed by atoms with Gasteiger partial charge >= 0.3 is 0 Å². The summed E-state index contributed by atoms with van der Waals surface area (Å²) >= 11 is 0. The van der Waals surface area contributed by atoms with Crippen molar-refractivity contribution in [3.8, 4) is 5.88 Å². The monoisotopic (exact) mass is 351 g/mol. The van der Waals surface area contributed by atoms with Gasteiger partial charge in [-0.3, -0.25) is 9.69 Å². The van der Waals surface area contributed by atoms with Crippen molar-refractivity contribution in [1.29, 1.82) is 0 Å². The number of hydrogen-bond donors (Lipinski definition) is 1. The Bertz CT molecular complexity index is 919. The summed E-state index contributed by atoms with van der Waals surface area (Å²) in [5, 5.41) is 4.50. The van der Waals surface area contributed by atoms with E-state index in [2.05, 4.69) is 15.0 Å². The molecule has 1 aliphatic carbocycles. The smallest absolute Gasteiger partial charge is 0.260 e. The van der Waals surface area contributed by atoms with Gasteiger partial charge in [0.1, 0.15) is 6.61 Å². The van der Waals surface area contributed by atoms with Gasteiger partial charge in [-0.05, 0) is 50.2 Å². The molecule has 0 amide bonds. The van der Waals surface area contributed by atoms with Gasteiger partial charge in [0.25, 0.3) is 5.88 Å². The zero-order valence-corrected chi connectivity index (χ0v) is 14.5. The predicted octanol–water partition coefficient (Wildman–Crippen LogP) is 1.86. The third kappa shape index (κ3) is 3.39. The topological polar surface area (TPSA) is 85.2 Å². The number of ether oxygens (including phenoxy) is 1. The number of ketones is 1. The summed E-state index contributed by atoms with van der Waals surface area (Å²) < 4.78 is 7.69. The molecule has 2 aromatic heterocycles. The largest absolute Gasteiger partial charge is 0.474 e. The molecule has 0 radical (unpaired) electrons. The number of fused-ring (bicyclic) bond motifs is 1. The van der Waals surface area contributed by atoms with E-state index < -0.39 is 0 Å². The second-order valence-electron chi connectivity index (χ2n) is 6.41. The molecule has 0 spiro atoms. The van der Waals surface area contributed by atoms with Gasteiger partial charge in [-0.15, -0.1) is 5.10 Å². The zero-order chi connectivity index (χ0) is 17.9. The van der Waals surface area contributed by atoms with Crippen LogP contribution in [0.4, 0.5) is 5.69 Å². The predicted molar refractivity (Wildman–Crippen MR) is 99.9 cm³/mol. The van der Waals surface area contributed by atoms with E-state index in [1.807, 2.05) is 24.4 Å². The van der Waals surface area contributed by atoms with Crippen molar-refractivity contribution in [1.82, 2.24) is 14.5 Å². The highest BCUT2D eigenvalue weighted by molar-refractivity contribution is 6.20. The molecule has 1 aliphatic heterocycles. The van der Waals surface area contributed by atoms with Crippen molar-refractivity contribution in [2.45, 2.75) is 12.8 Å². The number of rotatable bonds is 5. The van der Waals surface area contributed by atoms with E-state index in [1.54, 1.807) is 10.6 Å². The summed E-state index contributed by atoms with van der Waals surface area (Å²) in [6, 6.07) is 5.75. The zero-order valence-electron chi connectivity index (χ0n) is 14.5. The van der Waals surface area contributed by atoms with Crippen LogP contribution in [-0.2, 0) is 4.79 Å². The Morgan fingerprint density at radius 3 is 2.88 bits per heavy atom. The molecule has 0 atom stereocenters. The summed E-state index contributed by atoms with van der Waals surface area (Å²) in [6.45, 7) is 3.69. The first kappa shape index (κ1) is 16.5. The lowest BCUT2D eigenvalue weighted by atomic mass is 10.1. The van der Waals surface area contributed by atoms with Crippen LogP contribution in [-0.4, -0.2) is 52.3 Å². The Labute approximate surface area is 151 Å². The number of pyridine rings is 1. The molecule has 0 aromatic carbocycles. The number of likely N-dealkylation sites (tertiary alicyclic amines) is 1. The molecule has 7 nitrogen and oxygen atoms in total. The summed E-state index contributed by atoms with van der Waals surface area (Å²) in [5.74, 6) is 0.337. The van der Waals surface area contributed by atoms with Gasteiger partial charge in [0.05, 0.1) is 16.9 Å². The van der Waals surface area contributed by atoms with E-state index in [1.165, 1.54) is 25.0 Å². The summed E-state index contributed by atoms with van der Waals surface area (Å²) in [4.78, 5) is 18.4. The SMILES string of the molecule is NC1=CC(=O)C=C/C1=N\c1c(OCCN2CCCC2)nn2ccccc12. The van der Waals surface area contributed by atoms with E-state index in [4.69, 9.17) is 10.5 Å². The lowest BCUT2D eigenvalue weighted by molar-refractivity contribution is -0.110. The average Bonchev–Trinajstić information content (AvgIpc) is 3.26. The normalized spacial score (nSPS) is 19.5. The second-order valence-corrected chi connectivity index (χ2v) is 6.41. The lowest BCUT2D eigenvalue weighted by Crippen LogP contribution is -2.25. The number of nitrogens with zero attached hydrogens (tertiary/aromatic N) is 4. The van der Waals surface area contributed by atoms with Crippen LogP contribution in [0, 0.1) is 0 Å². The maximum atomic E-state index is 11.4. The molecule has 26 heavy (non-hydrogen) atoms. The Hall–Kier alpha value is -2.93. The molecule has 0 unspecified atom stereocenters. The number of hydrogen-bond acceptors (Lipinski definition) is 6. The van der Waals surface area contributed by atoms with Crippen LogP contribution >= 0.6 is 0 Å². The molecule has 1 saturated heterocycles. The van der Waals surface area contributed by atoms with Gasteiger partial charge in [-0.1, -0.05) is 6.07 Å². The van der Waals surface area contributed by atoms with Crippen LogP contribution < -0.4 is 10.5 Å². The summed E-state index contributed by atoms with van der Waals surface area (Å²) in [6.07, 6.45) is 8.81. The van der Waals surface area contributed by atoms with Crippen LogP contribution in [0.1, 0.15) is 12.8 Å². The molecule has 0 saturated carbocycles. The van der Waals surface area contributed by atoms with Crippen molar-refractivity contribution in [2.24, 2.45) is 10.7 Å². The highest BCUT2D eigenvalue weighted by Gasteiger charge is 2.17. The van der Waals surface area contributed by atoms with E-state index >= 15 is 0 Å². The van der Waals surface area contributed by atoms with Crippen LogP contribution in [0.2, 0.25) is 0 Å². The molecule has 2 N–H and O–H groups in total. The maximum Gasteiger partial charge on any atom is 0.260 e. The lowest BCUT2D eigenvalue weighted by Gasteiger charge is -2.14. The number of allylic oxidation sites excluding steroid dienone is 3. The van der Waals surface area contributed by atoms with Gasteiger partial charge in [0.15, 0.2) is 11.5 Å². The second kappa shape index (κ2) is 7.13.